The number of hydrogen-bond donors (Lipinski definition) is 1. The van der Waals surface area contributed by atoms with Crippen LogP contribution in [0.1, 0.15) is 36.5 Å². The first-order valence-corrected chi connectivity index (χ1v) is 24.9. The third-order valence-corrected chi connectivity index (χ3v) is 13.7. The van der Waals surface area contributed by atoms with Gasteiger partial charge < -0.3 is 5.32 Å². The molecular formula is C67H50N6. The van der Waals surface area contributed by atoms with Crippen LogP contribution in [0.4, 0.5) is 0 Å². The second kappa shape index (κ2) is 19.8. The van der Waals surface area contributed by atoms with Crippen molar-refractivity contribution >= 4 is 17.2 Å². The SMILES string of the molecule is CC1(c2cccc(-c3cccc(-c4nc(-c5ccccc5-c5ccccc5)nc(-c5ccccc5-c5ccccc5)n4)c3)c2)N=C(c2ccccc2-c2ccccc2)N=C(C2=CCCC=C2c2ccccc2)N1. The molecule has 1 atom stereocenters. The fourth-order valence-electron chi connectivity index (χ4n) is 10.0. The molecule has 1 unspecified atom stereocenters. The van der Waals surface area contributed by atoms with Crippen molar-refractivity contribution in [2.45, 2.75) is 25.4 Å². The molecule has 9 aromatic carbocycles. The first-order valence-electron chi connectivity index (χ1n) is 24.9. The van der Waals surface area contributed by atoms with E-state index in [1.165, 1.54) is 5.57 Å². The third kappa shape index (κ3) is 9.14. The summed E-state index contributed by atoms with van der Waals surface area (Å²) in [4.78, 5) is 26.9. The maximum Gasteiger partial charge on any atom is 0.164 e. The molecule has 6 heteroatoms. The first kappa shape index (κ1) is 44.8. The van der Waals surface area contributed by atoms with Gasteiger partial charge in [0.2, 0.25) is 0 Å². The van der Waals surface area contributed by atoms with E-state index in [-0.39, 0.29) is 0 Å². The lowest BCUT2D eigenvalue weighted by atomic mass is 9.89. The van der Waals surface area contributed by atoms with Crippen LogP contribution in [0.5, 0.6) is 0 Å². The van der Waals surface area contributed by atoms with Crippen LogP contribution in [0.2, 0.25) is 0 Å². The number of benzene rings is 9. The van der Waals surface area contributed by atoms with Crippen LogP contribution in [0.15, 0.2) is 270 Å². The van der Waals surface area contributed by atoms with Gasteiger partial charge in [0.15, 0.2) is 29.0 Å². The summed E-state index contributed by atoms with van der Waals surface area (Å²) in [5.74, 6) is 3.25. The highest BCUT2D eigenvalue weighted by molar-refractivity contribution is 6.20. The molecule has 1 aliphatic heterocycles. The lowest BCUT2D eigenvalue weighted by Gasteiger charge is -2.35. The monoisotopic (exact) mass is 938 g/mol. The minimum atomic E-state index is -0.903. The number of hydrogen-bond acceptors (Lipinski definition) is 6. The molecule has 0 bridgehead atoms. The van der Waals surface area contributed by atoms with E-state index in [0.717, 1.165) is 102 Å². The Bertz CT molecular complexity index is 3670. The van der Waals surface area contributed by atoms with Gasteiger partial charge >= 0.3 is 0 Å². The Hall–Kier alpha value is -9.39. The number of nitrogens with zero attached hydrogens (tertiary/aromatic N) is 5. The van der Waals surface area contributed by atoms with Crippen molar-refractivity contribution in [3.05, 3.63) is 277 Å². The summed E-state index contributed by atoms with van der Waals surface area (Å²) in [6.45, 7) is 2.16. The highest BCUT2D eigenvalue weighted by Crippen LogP contribution is 2.39. The highest BCUT2D eigenvalue weighted by atomic mass is 15.2. The average molecular weight is 939 g/mol. The van der Waals surface area contributed by atoms with Crippen LogP contribution >= 0.6 is 0 Å². The maximum atomic E-state index is 5.56. The van der Waals surface area contributed by atoms with Crippen LogP contribution in [0.3, 0.4) is 0 Å². The summed E-state index contributed by atoms with van der Waals surface area (Å²) in [5, 5.41) is 3.89. The van der Waals surface area contributed by atoms with E-state index in [1.807, 2.05) is 30.3 Å². The van der Waals surface area contributed by atoms with Crippen molar-refractivity contribution in [3.8, 4) is 78.7 Å². The molecule has 0 spiro atoms. The van der Waals surface area contributed by atoms with Crippen molar-refractivity contribution in [2.75, 3.05) is 0 Å². The lowest BCUT2D eigenvalue weighted by Crippen LogP contribution is -2.47. The van der Waals surface area contributed by atoms with Gasteiger partial charge in [0, 0.05) is 27.8 Å². The van der Waals surface area contributed by atoms with Crippen LogP contribution in [0.25, 0.3) is 84.2 Å². The van der Waals surface area contributed by atoms with Crippen molar-refractivity contribution < 1.29 is 0 Å². The van der Waals surface area contributed by atoms with Gasteiger partial charge in [-0.05, 0) is 93.1 Å². The molecule has 2 aliphatic rings. The van der Waals surface area contributed by atoms with Gasteiger partial charge in [0.1, 0.15) is 5.84 Å². The van der Waals surface area contributed by atoms with Crippen LogP contribution < -0.4 is 5.32 Å². The molecule has 0 saturated heterocycles. The van der Waals surface area contributed by atoms with Gasteiger partial charge in [-0.15, -0.1) is 0 Å². The molecule has 0 fully saturated rings. The Morgan fingerprint density at radius 3 is 1.29 bits per heavy atom. The average Bonchev–Trinajstić information content (AvgIpc) is 3.48. The predicted octanol–water partition coefficient (Wildman–Crippen LogP) is 16.0. The van der Waals surface area contributed by atoms with Crippen LogP contribution in [-0.4, -0.2) is 26.6 Å². The standard InChI is InChI=1S/C67H50N6/c1-67(72-65(60-42-20-16-38-56(60)48-28-10-4-11-29-48)71-66(73-67)61-43-21-17-39-57(61)49-30-12-5-13-31-49)53-35-23-33-51(45-53)50-32-22-34-52(44-50)62-68-63(58-40-18-14-36-54(58)46-24-6-2-7-25-46)70-64(69-62)59-41-19-15-37-55(59)47-26-8-3-9-27-47/h2-16,18-20,22-45H,17,21H2,1H3,(H,71,72,73). The number of aromatic nitrogens is 3. The summed E-state index contributed by atoms with van der Waals surface area (Å²) in [6.07, 6.45) is 6.55. The lowest BCUT2D eigenvalue weighted by molar-refractivity contribution is 0.455. The molecule has 2 heterocycles. The van der Waals surface area contributed by atoms with Crippen LogP contribution in [-0.2, 0) is 5.66 Å². The van der Waals surface area contributed by atoms with Gasteiger partial charge in [0.05, 0.1) is 0 Å². The van der Waals surface area contributed by atoms with Gasteiger partial charge in [-0.2, -0.15) is 0 Å². The zero-order chi connectivity index (χ0) is 49.0. The Kier molecular flexibility index (Phi) is 12.1. The minimum absolute atomic E-state index is 0.583. The van der Waals surface area contributed by atoms with Crippen LogP contribution in [0, 0.1) is 0 Å². The molecule has 10 aromatic rings. The van der Waals surface area contributed by atoms with Crippen molar-refractivity contribution in [3.63, 3.8) is 0 Å². The molecule has 1 aromatic heterocycles. The molecule has 0 radical (unpaired) electrons. The zero-order valence-electron chi connectivity index (χ0n) is 40.4. The molecule has 1 aliphatic carbocycles. The molecule has 0 saturated carbocycles. The number of amidine groups is 2. The molecule has 73 heavy (non-hydrogen) atoms. The smallest absolute Gasteiger partial charge is 0.164 e. The predicted molar refractivity (Wildman–Crippen MR) is 301 cm³/mol. The quantitative estimate of drug-likeness (QED) is 0.140. The summed E-state index contributed by atoms with van der Waals surface area (Å²) >= 11 is 0. The third-order valence-electron chi connectivity index (χ3n) is 13.7. The second-order valence-corrected chi connectivity index (χ2v) is 18.5. The van der Waals surface area contributed by atoms with Gasteiger partial charge in [-0.25, -0.2) is 24.9 Å². The fourth-order valence-corrected chi connectivity index (χ4v) is 10.0. The van der Waals surface area contributed by atoms with E-state index in [1.54, 1.807) is 0 Å². The van der Waals surface area contributed by atoms with E-state index in [9.17, 15) is 0 Å². The van der Waals surface area contributed by atoms with E-state index < -0.39 is 5.66 Å². The molecule has 348 valence electrons. The van der Waals surface area contributed by atoms with Gasteiger partial charge in [-0.3, -0.25) is 0 Å². The van der Waals surface area contributed by atoms with Crippen molar-refractivity contribution in [1.82, 2.24) is 20.3 Å². The number of nitrogens with one attached hydrogen (secondary N) is 1. The Balaban J connectivity index is 0.971. The van der Waals surface area contributed by atoms with Crippen molar-refractivity contribution in [1.29, 1.82) is 0 Å². The highest BCUT2D eigenvalue weighted by Gasteiger charge is 2.35. The Morgan fingerprint density at radius 2 is 0.740 bits per heavy atom. The largest absolute Gasteiger partial charge is 0.342 e. The summed E-state index contributed by atoms with van der Waals surface area (Å²) < 4.78 is 0. The number of rotatable bonds is 11. The summed E-state index contributed by atoms with van der Waals surface area (Å²) in [5.41, 5.74) is 15.7. The van der Waals surface area contributed by atoms with E-state index in [0.29, 0.717) is 23.3 Å². The van der Waals surface area contributed by atoms with E-state index >= 15 is 0 Å². The van der Waals surface area contributed by atoms with Gasteiger partial charge in [-0.1, -0.05) is 243 Å². The van der Waals surface area contributed by atoms with Crippen molar-refractivity contribution in [2.24, 2.45) is 9.98 Å². The first-order chi connectivity index (χ1) is 36.0. The number of allylic oxidation sites excluding steroid dienone is 2. The van der Waals surface area contributed by atoms with E-state index in [4.69, 9.17) is 24.9 Å². The normalized spacial score (nSPS) is 15.3. The summed E-state index contributed by atoms with van der Waals surface area (Å²) in [6, 6.07) is 84.3. The minimum Gasteiger partial charge on any atom is -0.342 e. The topological polar surface area (TPSA) is 75.4 Å². The zero-order valence-corrected chi connectivity index (χ0v) is 40.4. The van der Waals surface area contributed by atoms with Gasteiger partial charge in [0.25, 0.3) is 0 Å². The second-order valence-electron chi connectivity index (χ2n) is 18.5. The molecule has 0 amide bonds. The summed E-state index contributed by atoms with van der Waals surface area (Å²) in [7, 11) is 0. The fraction of sp³-hybridized carbons (Fsp3) is 0.0597. The Morgan fingerprint density at radius 1 is 0.342 bits per heavy atom. The molecule has 12 rings (SSSR count). The Labute approximate surface area is 426 Å². The molecule has 1 N–H and O–H groups in total. The van der Waals surface area contributed by atoms with E-state index in [2.05, 4.69) is 237 Å². The number of aliphatic imine (C=N–C) groups is 2. The molecule has 6 nitrogen and oxygen atoms in total. The molecular weight excluding hydrogens is 889 g/mol. The maximum absolute atomic E-state index is 5.56.